The van der Waals surface area contributed by atoms with Crippen molar-refractivity contribution in [2.75, 3.05) is 5.32 Å². The molecule has 2 aromatic rings. The molecule has 1 amide bonds. The number of hydrogen-bond acceptors (Lipinski definition) is 7. The van der Waals surface area contributed by atoms with E-state index in [1.54, 1.807) is 19.9 Å². The summed E-state index contributed by atoms with van der Waals surface area (Å²) < 4.78 is 11.3. The van der Waals surface area contributed by atoms with Crippen molar-refractivity contribution in [3.05, 3.63) is 40.0 Å². The predicted octanol–water partition coefficient (Wildman–Crippen LogP) is 1.52. The average Bonchev–Trinajstić information content (AvgIpc) is 2.99. The number of esters is 1. The minimum absolute atomic E-state index is 0.0309. The third-order valence-electron chi connectivity index (χ3n) is 3.30. The Bertz CT molecular complexity index is 811. The number of anilines is 1. The molecule has 0 fully saturated rings. The Morgan fingerprint density at radius 2 is 2.12 bits per heavy atom. The van der Waals surface area contributed by atoms with Gasteiger partial charge in [-0.1, -0.05) is 19.0 Å². The van der Waals surface area contributed by atoms with E-state index in [1.807, 2.05) is 6.92 Å². The van der Waals surface area contributed by atoms with Crippen LogP contribution >= 0.6 is 0 Å². The van der Waals surface area contributed by atoms with Gasteiger partial charge in [0, 0.05) is 18.7 Å². The summed E-state index contributed by atoms with van der Waals surface area (Å²) >= 11 is 0. The summed E-state index contributed by atoms with van der Waals surface area (Å²) in [6.07, 6.45) is -0.0521. The first-order valence-electron chi connectivity index (χ1n) is 7.98. The van der Waals surface area contributed by atoms with Gasteiger partial charge in [0.2, 0.25) is 0 Å². The Morgan fingerprint density at radius 1 is 1.36 bits per heavy atom. The van der Waals surface area contributed by atoms with Gasteiger partial charge >= 0.3 is 5.97 Å². The molecule has 0 aliphatic carbocycles. The van der Waals surface area contributed by atoms with E-state index < -0.39 is 18.0 Å². The van der Waals surface area contributed by atoms with Gasteiger partial charge < -0.3 is 14.6 Å². The zero-order chi connectivity index (χ0) is 18.4. The second kappa shape index (κ2) is 8.22. The van der Waals surface area contributed by atoms with Crippen LogP contribution in [0.5, 0.6) is 0 Å². The molecule has 25 heavy (non-hydrogen) atoms. The van der Waals surface area contributed by atoms with Gasteiger partial charge in [0.05, 0.1) is 0 Å². The molecule has 9 nitrogen and oxygen atoms in total. The van der Waals surface area contributed by atoms with E-state index in [9.17, 15) is 14.4 Å². The SMILES string of the molecule is CCCn1nc(C(=O)OC(CC)C(=O)Nc2cc(C)on2)ccc1=O. The summed E-state index contributed by atoms with van der Waals surface area (Å²) in [5.41, 5.74) is -0.332. The van der Waals surface area contributed by atoms with Crippen molar-refractivity contribution >= 4 is 17.7 Å². The van der Waals surface area contributed by atoms with Crippen LogP contribution in [0.25, 0.3) is 0 Å². The molecular weight excluding hydrogens is 328 g/mol. The number of nitrogens with one attached hydrogen (secondary N) is 1. The number of ether oxygens (including phenoxy) is 1. The highest BCUT2D eigenvalue weighted by Crippen LogP contribution is 2.10. The van der Waals surface area contributed by atoms with Gasteiger partial charge in [0.25, 0.3) is 11.5 Å². The van der Waals surface area contributed by atoms with Crippen molar-refractivity contribution in [2.45, 2.75) is 46.3 Å². The number of amides is 1. The van der Waals surface area contributed by atoms with Gasteiger partial charge in [0.1, 0.15) is 5.76 Å². The highest BCUT2D eigenvalue weighted by molar-refractivity contribution is 5.96. The van der Waals surface area contributed by atoms with Crippen LogP contribution in [0, 0.1) is 6.92 Å². The normalized spacial score (nSPS) is 11.8. The summed E-state index contributed by atoms with van der Waals surface area (Å²) in [5, 5.41) is 10.1. The van der Waals surface area contributed by atoms with E-state index in [1.165, 1.54) is 16.8 Å². The Kier molecular flexibility index (Phi) is 6.04. The van der Waals surface area contributed by atoms with Gasteiger partial charge in [-0.3, -0.25) is 9.59 Å². The maximum atomic E-state index is 12.2. The lowest BCUT2D eigenvalue weighted by atomic mass is 10.2. The number of nitrogens with zero attached hydrogens (tertiary/aromatic N) is 3. The maximum Gasteiger partial charge on any atom is 0.359 e. The van der Waals surface area contributed by atoms with Crippen molar-refractivity contribution in [1.29, 1.82) is 0 Å². The highest BCUT2D eigenvalue weighted by Gasteiger charge is 2.24. The fraction of sp³-hybridized carbons (Fsp3) is 0.438. The molecule has 2 aromatic heterocycles. The minimum atomic E-state index is -1.02. The maximum absolute atomic E-state index is 12.2. The van der Waals surface area contributed by atoms with Crippen LogP contribution in [0.3, 0.4) is 0 Å². The first-order valence-corrected chi connectivity index (χ1v) is 7.98. The van der Waals surface area contributed by atoms with Gasteiger partial charge in [-0.15, -0.1) is 0 Å². The highest BCUT2D eigenvalue weighted by atomic mass is 16.5. The summed E-state index contributed by atoms with van der Waals surface area (Å²) in [7, 11) is 0. The lowest BCUT2D eigenvalue weighted by Crippen LogP contribution is -2.33. The van der Waals surface area contributed by atoms with Crippen LogP contribution in [-0.2, 0) is 16.1 Å². The Morgan fingerprint density at radius 3 is 2.72 bits per heavy atom. The molecule has 0 spiro atoms. The third-order valence-corrected chi connectivity index (χ3v) is 3.30. The van der Waals surface area contributed by atoms with E-state index in [0.717, 1.165) is 0 Å². The molecule has 1 unspecified atom stereocenters. The van der Waals surface area contributed by atoms with E-state index in [4.69, 9.17) is 9.26 Å². The molecule has 0 bridgehead atoms. The fourth-order valence-corrected chi connectivity index (χ4v) is 2.07. The molecule has 134 valence electrons. The van der Waals surface area contributed by atoms with Crippen LogP contribution in [0.15, 0.2) is 27.5 Å². The summed E-state index contributed by atoms with van der Waals surface area (Å²) in [6, 6.07) is 4.08. The molecule has 9 heteroatoms. The third kappa shape index (κ3) is 4.75. The van der Waals surface area contributed by atoms with Crippen molar-refractivity contribution in [3.8, 4) is 0 Å². The second-order valence-corrected chi connectivity index (χ2v) is 5.39. The molecule has 2 rings (SSSR count). The zero-order valence-electron chi connectivity index (χ0n) is 14.3. The van der Waals surface area contributed by atoms with Crippen LogP contribution in [-0.4, -0.2) is 32.9 Å². The zero-order valence-corrected chi connectivity index (χ0v) is 14.3. The van der Waals surface area contributed by atoms with E-state index in [0.29, 0.717) is 18.7 Å². The molecule has 2 heterocycles. The first kappa shape index (κ1) is 18.4. The molecule has 0 saturated heterocycles. The van der Waals surface area contributed by atoms with Crippen molar-refractivity contribution in [1.82, 2.24) is 14.9 Å². The standard InChI is InChI=1S/C16H20N4O5/c1-4-8-20-14(21)7-6-11(18-20)16(23)24-12(5-2)15(22)17-13-9-10(3)25-19-13/h6-7,9,12H,4-5,8H2,1-3H3,(H,17,19,22). The van der Waals surface area contributed by atoms with Crippen molar-refractivity contribution in [2.24, 2.45) is 0 Å². The smallest absolute Gasteiger partial charge is 0.359 e. The van der Waals surface area contributed by atoms with Crippen molar-refractivity contribution < 1.29 is 18.8 Å². The quantitative estimate of drug-likeness (QED) is 0.754. The van der Waals surface area contributed by atoms with E-state index in [-0.39, 0.29) is 23.5 Å². The lowest BCUT2D eigenvalue weighted by Gasteiger charge is -2.15. The Labute approximate surface area is 144 Å². The molecule has 0 radical (unpaired) electrons. The van der Waals surface area contributed by atoms with Crippen LogP contribution in [0.4, 0.5) is 5.82 Å². The van der Waals surface area contributed by atoms with E-state index in [2.05, 4.69) is 15.6 Å². The number of carbonyl (C=O) groups is 2. The van der Waals surface area contributed by atoms with Crippen molar-refractivity contribution in [3.63, 3.8) is 0 Å². The minimum Gasteiger partial charge on any atom is -0.447 e. The summed E-state index contributed by atoms with van der Waals surface area (Å²) in [6.45, 7) is 5.68. The number of rotatable bonds is 7. The first-order chi connectivity index (χ1) is 11.9. The summed E-state index contributed by atoms with van der Waals surface area (Å²) in [4.78, 5) is 36.1. The second-order valence-electron chi connectivity index (χ2n) is 5.39. The molecule has 0 aliphatic heterocycles. The largest absolute Gasteiger partial charge is 0.447 e. The summed E-state index contributed by atoms with van der Waals surface area (Å²) in [5.74, 6) is -0.511. The molecule has 1 atom stereocenters. The molecule has 0 saturated carbocycles. The van der Waals surface area contributed by atoms with Crippen LogP contribution in [0.1, 0.15) is 42.9 Å². The monoisotopic (exact) mass is 348 g/mol. The average molecular weight is 348 g/mol. The Balaban J connectivity index is 2.07. The lowest BCUT2D eigenvalue weighted by molar-refractivity contribution is -0.124. The number of hydrogen-bond donors (Lipinski definition) is 1. The fourth-order valence-electron chi connectivity index (χ4n) is 2.07. The molecule has 1 N–H and O–H groups in total. The predicted molar refractivity (Wildman–Crippen MR) is 88.2 cm³/mol. The van der Waals surface area contributed by atoms with Gasteiger partial charge in [-0.25, -0.2) is 9.48 Å². The van der Waals surface area contributed by atoms with Crippen LogP contribution < -0.4 is 10.9 Å². The van der Waals surface area contributed by atoms with Gasteiger partial charge in [-0.2, -0.15) is 5.10 Å². The number of carbonyl (C=O) groups excluding carboxylic acids is 2. The number of aryl methyl sites for hydroxylation is 2. The van der Waals surface area contributed by atoms with Gasteiger partial charge in [0.15, 0.2) is 17.6 Å². The van der Waals surface area contributed by atoms with E-state index >= 15 is 0 Å². The topological polar surface area (TPSA) is 116 Å². The number of aromatic nitrogens is 3. The van der Waals surface area contributed by atoms with Gasteiger partial charge in [-0.05, 0) is 25.8 Å². The molecule has 0 aliphatic rings. The Hall–Kier alpha value is -2.97. The molecular formula is C16H20N4O5. The molecule has 0 aromatic carbocycles. The van der Waals surface area contributed by atoms with Crippen LogP contribution in [0.2, 0.25) is 0 Å².